The summed E-state index contributed by atoms with van der Waals surface area (Å²) >= 11 is 0. The first kappa shape index (κ1) is 19.7. The Hall–Kier alpha value is -1.59. The van der Waals surface area contributed by atoms with Crippen molar-refractivity contribution in [2.24, 2.45) is 5.41 Å². The van der Waals surface area contributed by atoms with Gasteiger partial charge in [0, 0.05) is 19.0 Å². The molecule has 2 N–H and O–H groups in total. The molecule has 140 valence electrons. The Morgan fingerprint density at radius 3 is 2.60 bits per heavy atom. The highest BCUT2D eigenvalue weighted by Gasteiger charge is 2.28. The minimum Gasteiger partial charge on any atom is -0.491 e. The number of aryl methyl sites for hydroxylation is 2. The molecular formula is C20H32N2O3. The minimum absolute atomic E-state index is 0.0352. The van der Waals surface area contributed by atoms with Crippen molar-refractivity contribution in [2.75, 3.05) is 26.4 Å². The van der Waals surface area contributed by atoms with Crippen LogP contribution in [-0.2, 0) is 9.53 Å². The third-order valence-electron chi connectivity index (χ3n) is 4.61. The van der Waals surface area contributed by atoms with E-state index < -0.39 is 0 Å². The van der Waals surface area contributed by atoms with Crippen molar-refractivity contribution in [3.8, 4) is 5.75 Å². The van der Waals surface area contributed by atoms with Crippen molar-refractivity contribution in [3.05, 3.63) is 29.3 Å². The van der Waals surface area contributed by atoms with Crippen LogP contribution in [0.4, 0.5) is 0 Å². The Bertz CT molecular complexity index is 555. The van der Waals surface area contributed by atoms with E-state index in [-0.39, 0.29) is 23.4 Å². The number of carbonyl (C=O) groups excluding carboxylic acids is 1. The lowest BCUT2D eigenvalue weighted by molar-refractivity contribution is -0.124. The maximum atomic E-state index is 12.5. The molecule has 0 bridgehead atoms. The van der Waals surface area contributed by atoms with Crippen LogP contribution in [0.5, 0.6) is 5.75 Å². The number of carbonyl (C=O) groups is 1. The first-order valence-electron chi connectivity index (χ1n) is 9.07. The van der Waals surface area contributed by atoms with Gasteiger partial charge in [0.2, 0.25) is 5.91 Å². The predicted molar refractivity (Wildman–Crippen MR) is 100 cm³/mol. The van der Waals surface area contributed by atoms with Crippen molar-refractivity contribution < 1.29 is 14.3 Å². The molecule has 1 heterocycles. The van der Waals surface area contributed by atoms with E-state index in [1.807, 2.05) is 32.0 Å². The van der Waals surface area contributed by atoms with Gasteiger partial charge in [-0.2, -0.15) is 0 Å². The van der Waals surface area contributed by atoms with Crippen molar-refractivity contribution >= 4 is 5.91 Å². The molecule has 0 radical (unpaired) electrons. The van der Waals surface area contributed by atoms with E-state index in [1.165, 1.54) is 0 Å². The van der Waals surface area contributed by atoms with Crippen molar-refractivity contribution in [3.63, 3.8) is 0 Å². The molecule has 5 nitrogen and oxygen atoms in total. The van der Waals surface area contributed by atoms with Crippen molar-refractivity contribution in [1.82, 2.24) is 10.6 Å². The van der Waals surface area contributed by atoms with E-state index in [4.69, 9.17) is 9.47 Å². The van der Waals surface area contributed by atoms with Crippen LogP contribution in [0.1, 0.15) is 38.3 Å². The first-order chi connectivity index (χ1) is 11.8. The lowest BCUT2D eigenvalue weighted by Crippen LogP contribution is -2.50. The van der Waals surface area contributed by atoms with Gasteiger partial charge >= 0.3 is 0 Å². The zero-order valence-corrected chi connectivity index (χ0v) is 16.1. The molecule has 1 amide bonds. The van der Waals surface area contributed by atoms with Crippen LogP contribution < -0.4 is 15.4 Å². The van der Waals surface area contributed by atoms with Gasteiger partial charge in [-0.15, -0.1) is 0 Å². The summed E-state index contributed by atoms with van der Waals surface area (Å²) in [6.07, 6.45) is 0.427. The summed E-state index contributed by atoms with van der Waals surface area (Å²) < 4.78 is 11.5. The minimum atomic E-state index is -0.0945. The van der Waals surface area contributed by atoms with E-state index in [0.29, 0.717) is 26.2 Å². The van der Waals surface area contributed by atoms with Gasteiger partial charge in [-0.1, -0.05) is 39.0 Å². The van der Waals surface area contributed by atoms with Crippen LogP contribution in [0.3, 0.4) is 0 Å². The van der Waals surface area contributed by atoms with E-state index >= 15 is 0 Å². The summed E-state index contributed by atoms with van der Waals surface area (Å²) in [5.41, 5.74) is 2.13. The second-order valence-corrected chi connectivity index (χ2v) is 7.95. The zero-order chi connectivity index (χ0) is 18.4. The van der Waals surface area contributed by atoms with Gasteiger partial charge in [0.1, 0.15) is 12.4 Å². The molecule has 0 spiro atoms. The molecule has 1 aliphatic heterocycles. The molecule has 25 heavy (non-hydrogen) atoms. The molecule has 1 aromatic rings. The van der Waals surface area contributed by atoms with Crippen molar-refractivity contribution in [2.45, 2.75) is 53.1 Å². The van der Waals surface area contributed by atoms with Crippen LogP contribution >= 0.6 is 0 Å². The SMILES string of the molecule is Cc1cccc(C)c1OCC(NC(=O)CC1COCCN1)C(C)(C)C. The molecule has 5 heteroatoms. The summed E-state index contributed by atoms with van der Waals surface area (Å²) in [5, 5.41) is 6.47. The summed E-state index contributed by atoms with van der Waals surface area (Å²) in [7, 11) is 0. The first-order valence-corrected chi connectivity index (χ1v) is 9.07. The van der Waals surface area contributed by atoms with E-state index in [0.717, 1.165) is 23.4 Å². The average molecular weight is 348 g/mol. The topological polar surface area (TPSA) is 59.6 Å². The molecule has 2 atom stereocenters. The second-order valence-electron chi connectivity index (χ2n) is 7.95. The number of hydrogen-bond donors (Lipinski definition) is 2. The van der Waals surface area contributed by atoms with Crippen LogP contribution in [0.15, 0.2) is 18.2 Å². The maximum Gasteiger partial charge on any atom is 0.222 e. The monoisotopic (exact) mass is 348 g/mol. The van der Waals surface area contributed by atoms with E-state index in [2.05, 4.69) is 31.4 Å². The third-order valence-corrected chi connectivity index (χ3v) is 4.61. The zero-order valence-electron chi connectivity index (χ0n) is 16.1. The Kier molecular flexibility index (Phi) is 6.85. The highest BCUT2D eigenvalue weighted by atomic mass is 16.5. The summed E-state index contributed by atoms with van der Waals surface area (Å²) in [5.74, 6) is 0.946. The molecule has 1 fully saturated rings. The fourth-order valence-electron chi connectivity index (χ4n) is 2.93. The number of para-hydroxylation sites is 1. The number of hydrogen-bond acceptors (Lipinski definition) is 4. The van der Waals surface area contributed by atoms with Crippen LogP contribution in [0.2, 0.25) is 0 Å². The van der Waals surface area contributed by atoms with Crippen LogP contribution in [-0.4, -0.2) is 44.4 Å². The van der Waals surface area contributed by atoms with E-state index in [9.17, 15) is 4.79 Å². The Labute approximate surface area is 151 Å². The largest absolute Gasteiger partial charge is 0.491 e. The molecule has 1 aromatic carbocycles. The summed E-state index contributed by atoms with van der Waals surface area (Å²) in [6.45, 7) is 13.0. The van der Waals surface area contributed by atoms with Crippen molar-refractivity contribution in [1.29, 1.82) is 0 Å². The number of rotatable bonds is 6. The number of ether oxygens (including phenoxy) is 2. The molecule has 2 unspecified atom stereocenters. The molecular weight excluding hydrogens is 316 g/mol. The fourth-order valence-corrected chi connectivity index (χ4v) is 2.93. The standard InChI is InChI=1S/C20H32N2O3/c1-14-7-6-8-15(2)19(14)25-13-17(20(3,4)5)22-18(23)11-16-12-24-10-9-21-16/h6-8,16-17,21H,9-13H2,1-5H3,(H,22,23). The van der Waals surface area contributed by atoms with Gasteiger partial charge < -0.3 is 20.1 Å². The summed E-state index contributed by atoms with van der Waals surface area (Å²) in [4.78, 5) is 12.5. The smallest absolute Gasteiger partial charge is 0.222 e. The van der Waals surface area contributed by atoms with Gasteiger partial charge in [0.25, 0.3) is 0 Å². The van der Waals surface area contributed by atoms with Crippen LogP contribution in [0, 0.1) is 19.3 Å². The number of benzene rings is 1. The van der Waals surface area contributed by atoms with Gasteiger partial charge in [0.05, 0.1) is 19.3 Å². The van der Waals surface area contributed by atoms with Gasteiger partial charge in [-0.05, 0) is 30.4 Å². The molecule has 2 rings (SSSR count). The normalized spacial score (nSPS) is 19.3. The lowest BCUT2D eigenvalue weighted by atomic mass is 9.87. The highest BCUT2D eigenvalue weighted by Crippen LogP contribution is 2.25. The molecule has 1 saturated heterocycles. The second kappa shape index (κ2) is 8.68. The lowest BCUT2D eigenvalue weighted by Gasteiger charge is -2.32. The quantitative estimate of drug-likeness (QED) is 0.830. The number of morpholine rings is 1. The third kappa shape index (κ3) is 6.01. The Morgan fingerprint density at radius 2 is 2.04 bits per heavy atom. The maximum absolute atomic E-state index is 12.5. The summed E-state index contributed by atoms with van der Waals surface area (Å²) in [6, 6.07) is 6.14. The predicted octanol–water partition coefficient (Wildman–Crippen LogP) is 2.59. The van der Waals surface area contributed by atoms with Gasteiger partial charge in [0.15, 0.2) is 0 Å². The number of nitrogens with one attached hydrogen (secondary N) is 2. The average Bonchev–Trinajstić information content (AvgIpc) is 2.53. The highest BCUT2D eigenvalue weighted by molar-refractivity contribution is 5.77. The van der Waals surface area contributed by atoms with Crippen LogP contribution in [0.25, 0.3) is 0 Å². The molecule has 0 saturated carbocycles. The molecule has 0 aromatic heterocycles. The molecule has 1 aliphatic rings. The van der Waals surface area contributed by atoms with Gasteiger partial charge in [-0.25, -0.2) is 0 Å². The molecule has 0 aliphatic carbocycles. The Balaban J connectivity index is 1.95. The number of amides is 1. The van der Waals surface area contributed by atoms with Gasteiger partial charge in [-0.3, -0.25) is 4.79 Å². The Morgan fingerprint density at radius 1 is 1.36 bits per heavy atom. The van der Waals surface area contributed by atoms with E-state index in [1.54, 1.807) is 0 Å². The fraction of sp³-hybridized carbons (Fsp3) is 0.650.